The summed E-state index contributed by atoms with van der Waals surface area (Å²) in [5.74, 6) is 0.215. The molecule has 1 fully saturated rings. The van der Waals surface area contributed by atoms with E-state index in [4.69, 9.17) is 0 Å². The molecule has 1 saturated heterocycles. The van der Waals surface area contributed by atoms with Gasteiger partial charge in [-0.15, -0.1) is 0 Å². The predicted octanol–water partition coefficient (Wildman–Crippen LogP) is 1.22. The van der Waals surface area contributed by atoms with E-state index in [1.54, 1.807) is 0 Å². The van der Waals surface area contributed by atoms with E-state index in [2.05, 4.69) is 36.3 Å². The van der Waals surface area contributed by atoms with Gasteiger partial charge in [0.25, 0.3) is 0 Å². The number of amides is 1. The first kappa shape index (κ1) is 15.4. The Balaban J connectivity index is 2.58. The molecule has 106 valence electrons. The van der Waals surface area contributed by atoms with Crippen molar-refractivity contribution in [1.82, 2.24) is 15.5 Å². The quantitative estimate of drug-likeness (QED) is 0.776. The molecule has 1 amide bonds. The molecule has 0 aromatic carbocycles. The largest absolute Gasteiger partial charge is 0.354 e. The number of carbonyl (C=O) groups excluding carboxylic acids is 1. The summed E-state index contributed by atoms with van der Waals surface area (Å²) in [7, 11) is 4.09. The van der Waals surface area contributed by atoms with Crippen LogP contribution in [0.2, 0.25) is 0 Å². The van der Waals surface area contributed by atoms with E-state index in [1.165, 1.54) is 0 Å². The zero-order valence-electron chi connectivity index (χ0n) is 12.6. The van der Waals surface area contributed by atoms with Crippen molar-refractivity contribution in [3.63, 3.8) is 0 Å². The third-order valence-electron chi connectivity index (χ3n) is 4.52. The van der Waals surface area contributed by atoms with E-state index in [0.717, 1.165) is 32.4 Å². The Hall–Kier alpha value is -0.610. The molecule has 1 aliphatic rings. The van der Waals surface area contributed by atoms with Gasteiger partial charge in [-0.1, -0.05) is 6.92 Å². The van der Waals surface area contributed by atoms with Gasteiger partial charge in [0.2, 0.25) is 5.91 Å². The molecule has 4 heteroatoms. The molecule has 0 aromatic rings. The molecule has 0 bridgehead atoms. The van der Waals surface area contributed by atoms with Crippen LogP contribution in [0.1, 0.15) is 40.0 Å². The third-order valence-corrected chi connectivity index (χ3v) is 4.52. The summed E-state index contributed by atoms with van der Waals surface area (Å²) in [6, 6.07) is 0. The van der Waals surface area contributed by atoms with Crippen LogP contribution in [0.3, 0.4) is 0 Å². The molecular formula is C14H29N3O. The van der Waals surface area contributed by atoms with Crippen LogP contribution in [-0.4, -0.2) is 50.1 Å². The lowest BCUT2D eigenvalue weighted by atomic mass is 9.77. The van der Waals surface area contributed by atoms with Crippen LogP contribution in [0, 0.1) is 5.41 Å². The monoisotopic (exact) mass is 255 g/mol. The molecule has 0 aromatic heterocycles. The normalized spacial score (nSPS) is 25.2. The van der Waals surface area contributed by atoms with Crippen LogP contribution in [0.5, 0.6) is 0 Å². The number of rotatable bonds is 5. The zero-order chi connectivity index (χ0) is 13.8. The van der Waals surface area contributed by atoms with Crippen molar-refractivity contribution in [2.75, 3.05) is 33.7 Å². The first-order chi connectivity index (χ1) is 8.34. The molecule has 0 aliphatic carbocycles. The van der Waals surface area contributed by atoms with E-state index in [-0.39, 0.29) is 16.9 Å². The van der Waals surface area contributed by atoms with Crippen molar-refractivity contribution in [3.05, 3.63) is 0 Å². The predicted molar refractivity (Wildman–Crippen MR) is 75.6 cm³/mol. The summed E-state index contributed by atoms with van der Waals surface area (Å²) < 4.78 is 0. The minimum Gasteiger partial charge on any atom is -0.354 e. The lowest BCUT2D eigenvalue weighted by Crippen LogP contribution is -2.54. The van der Waals surface area contributed by atoms with Crippen molar-refractivity contribution in [2.24, 2.45) is 5.41 Å². The summed E-state index contributed by atoms with van der Waals surface area (Å²) in [6.07, 6.45) is 3.01. The Bertz CT molecular complexity index is 281. The Morgan fingerprint density at radius 3 is 2.56 bits per heavy atom. The van der Waals surface area contributed by atoms with Crippen molar-refractivity contribution in [3.8, 4) is 0 Å². The van der Waals surface area contributed by atoms with Crippen LogP contribution in [-0.2, 0) is 4.79 Å². The Morgan fingerprint density at radius 2 is 2.11 bits per heavy atom. The SMILES string of the molecule is CCC1(C(=O)NCC(C)(C)N(C)C)CCCNC1. The Labute approximate surface area is 111 Å². The van der Waals surface area contributed by atoms with Crippen molar-refractivity contribution >= 4 is 5.91 Å². The maximum absolute atomic E-state index is 12.5. The molecular weight excluding hydrogens is 226 g/mol. The topological polar surface area (TPSA) is 44.4 Å². The van der Waals surface area contributed by atoms with Crippen LogP contribution in [0.25, 0.3) is 0 Å². The number of piperidine rings is 1. The molecule has 1 rings (SSSR count). The molecule has 0 saturated carbocycles. The third kappa shape index (κ3) is 3.45. The summed E-state index contributed by atoms with van der Waals surface area (Å²) in [5, 5.41) is 6.50. The van der Waals surface area contributed by atoms with E-state index >= 15 is 0 Å². The molecule has 0 radical (unpaired) electrons. The summed E-state index contributed by atoms with van der Waals surface area (Å²) >= 11 is 0. The summed E-state index contributed by atoms with van der Waals surface area (Å²) in [5.41, 5.74) is -0.201. The maximum Gasteiger partial charge on any atom is 0.227 e. The van der Waals surface area contributed by atoms with Crippen molar-refractivity contribution in [1.29, 1.82) is 0 Å². The van der Waals surface area contributed by atoms with Crippen molar-refractivity contribution < 1.29 is 4.79 Å². The van der Waals surface area contributed by atoms with Gasteiger partial charge in [-0.3, -0.25) is 4.79 Å². The summed E-state index contributed by atoms with van der Waals surface area (Å²) in [4.78, 5) is 14.6. The number of hydrogen-bond donors (Lipinski definition) is 2. The number of likely N-dealkylation sites (N-methyl/N-ethyl adjacent to an activating group) is 1. The fraction of sp³-hybridized carbons (Fsp3) is 0.929. The van der Waals surface area contributed by atoms with E-state index < -0.39 is 0 Å². The maximum atomic E-state index is 12.5. The average Bonchev–Trinajstić information content (AvgIpc) is 2.36. The van der Waals surface area contributed by atoms with E-state index in [0.29, 0.717) is 6.54 Å². The highest BCUT2D eigenvalue weighted by Crippen LogP contribution is 2.30. The Morgan fingerprint density at radius 1 is 1.44 bits per heavy atom. The molecule has 18 heavy (non-hydrogen) atoms. The second-order valence-electron chi connectivity index (χ2n) is 6.30. The van der Waals surface area contributed by atoms with Gasteiger partial charge < -0.3 is 15.5 Å². The second kappa shape index (κ2) is 6.02. The van der Waals surface area contributed by atoms with Crippen LogP contribution in [0.4, 0.5) is 0 Å². The minimum atomic E-state index is -0.194. The highest BCUT2D eigenvalue weighted by molar-refractivity contribution is 5.83. The molecule has 1 unspecified atom stereocenters. The van der Waals surface area contributed by atoms with Crippen LogP contribution in [0.15, 0.2) is 0 Å². The lowest BCUT2D eigenvalue weighted by molar-refractivity contribution is -0.132. The van der Waals surface area contributed by atoms with Crippen molar-refractivity contribution in [2.45, 2.75) is 45.6 Å². The summed E-state index contributed by atoms with van der Waals surface area (Å²) in [6.45, 7) is 8.95. The standard InChI is InChI=1S/C14H29N3O/c1-6-14(8-7-9-15-11-14)12(18)16-10-13(2,3)17(4)5/h15H,6-11H2,1-5H3,(H,16,18). The van der Waals surface area contributed by atoms with Gasteiger partial charge in [0.05, 0.1) is 5.41 Å². The minimum absolute atomic E-state index is 0.00726. The number of carbonyl (C=O) groups is 1. The molecule has 1 heterocycles. The fourth-order valence-electron chi connectivity index (χ4n) is 2.27. The second-order valence-corrected chi connectivity index (χ2v) is 6.30. The van der Waals surface area contributed by atoms with E-state index in [9.17, 15) is 4.79 Å². The molecule has 0 spiro atoms. The van der Waals surface area contributed by atoms with Gasteiger partial charge in [-0.2, -0.15) is 0 Å². The molecule has 1 aliphatic heterocycles. The van der Waals surface area contributed by atoms with Crippen LogP contribution >= 0.6 is 0 Å². The molecule has 1 atom stereocenters. The number of nitrogens with zero attached hydrogens (tertiary/aromatic N) is 1. The lowest BCUT2D eigenvalue weighted by Gasteiger charge is -2.38. The Kier molecular flexibility index (Phi) is 5.17. The highest BCUT2D eigenvalue weighted by atomic mass is 16.2. The number of hydrogen-bond acceptors (Lipinski definition) is 3. The van der Waals surface area contributed by atoms with Gasteiger partial charge >= 0.3 is 0 Å². The first-order valence-corrected chi connectivity index (χ1v) is 7.00. The van der Waals surface area contributed by atoms with Gasteiger partial charge in [-0.05, 0) is 53.8 Å². The zero-order valence-corrected chi connectivity index (χ0v) is 12.6. The molecule has 4 nitrogen and oxygen atoms in total. The van der Waals surface area contributed by atoms with E-state index in [1.807, 2.05) is 14.1 Å². The van der Waals surface area contributed by atoms with Gasteiger partial charge in [0.15, 0.2) is 0 Å². The highest BCUT2D eigenvalue weighted by Gasteiger charge is 2.38. The number of nitrogens with one attached hydrogen (secondary N) is 2. The first-order valence-electron chi connectivity index (χ1n) is 7.00. The fourth-order valence-corrected chi connectivity index (χ4v) is 2.27. The smallest absolute Gasteiger partial charge is 0.227 e. The average molecular weight is 255 g/mol. The molecule has 2 N–H and O–H groups in total. The van der Waals surface area contributed by atoms with Gasteiger partial charge in [0, 0.05) is 18.6 Å². The van der Waals surface area contributed by atoms with Gasteiger partial charge in [-0.25, -0.2) is 0 Å². The van der Waals surface area contributed by atoms with Gasteiger partial charge in [0.1, 0.15) is 0 Å². The van der Waals surface area contributed by atoms with Crippen LogP contribution < -0.4 is 10.6 Å².